The van der Waals surface area contributed by atoms with E-state index in [0.29, 0.717) is 5.92 Å². The number of pyridine rings is 1. The second-order valence-electron chi connectivity index (χ2n) is 11.3. The molecule has 2 aliphatic carbocycles. The third kappa shape index (κ3) is 3.74. The summed E-state index contributed by atoms with van der Waals surface area (Å²) in [6.07, 6.45) is 17.1. The van der Waals surface area contributed by atoms with Crippen molar-refractivity contribution in [3.05, 3.63) is 84.1 Å². The van der Waals surface area contributed by atoms with Crippen LogP contribution < -0.4 is 0 Å². The molecule has 0 atom stereocenters. The van der Waals surface area contributed by atoms with E-state index in [9.17, 15) is 0 Å². The maximum atomic E-state index is 5.11. The van der Waals surface area contributed by atoms with E-state index in [2.05, 4.69) is 77.3 Å². The van der Waals surface area contributed by atoms with Crippen LogP contribution in [-0.2, 0) is 6.42 Å². The van der Waals surface area contributed by atoms with E-state index < -0.39 is 0 Å². The molecule has 2 aromatic heterocycles. The predicted octanol–water partition coefficient (Wildman–Crippen LogP) is 9.48. The zero-order valence-electron chi connectivity index (χ0n) is 21.3. The fourth-order valence-electron chi connectivity index (χ4n) is 7.33. The minimum Gasteiger partial charge on any atom is -0.292 e. The van der Waals surface area contributed by atoms with Gasteiger partial charge in [0.25, 0.3) is 0 Å². The number of benzene rings is 3. The normalized spacial score (nSPS) is 17.9. The van der Waals surface area contributed by atoms with Gasteiger partial charge in [0.15, 0.2) is 0 Å². The molecule has 3 aromatic carbocycles. The van der Waals surface area contributed by atoms with Crippen molar-refractivity contribution in [3.8, 4) is 11.3 Å². The molecule has 0 unspecified atom stereocenters. The molecule has 2 saturated carbocycles. The van der Waals surface area contributed by atoms with E-state index in [1.165, 1.54) is 104 Å². The third-order valence-electron chi connectivity index (χ3n) is 9.08. The summed E-state index contributed by atoms with van der Waals surface area (Å²) in [7, 11) is 0. The van der Waals surface area contributed by atoms with Crippen molar-refractivity contribution in [2.45, 2.75) is 76.5 Å². The molecule has 7 rings (SSSR count). The van der Waals surface area contributed by atoms with Gasteiger partial charge < -0.3 is 0 Å². The highest BCUT2D eigenvalue weighted by atomic mass is 15.0. The summed E-state index contributed by atoms with van der Waals surface area (Å²) in [5.41, 5.74) is 8.25. The van der Waals surface area contributed by atoms with Crippen molar-refractivity contribution in [1.82, 2.24) is 9.38 Å². The number of aromatic nitrogens is 2. The van der Waals surface area contributed by atoms with E-state index in [1.807, 2.05) is 0 Å². The van der Waals surface area contributed by atoms with Crippen LogP contribution in [0.2, 0.25) is 0 Å². The molecule has 0 saturated heterocycles. The van der Waals surface area contributed by atoms with Gasteiger partial charge in [-0.3, -0.25) is 4.40 Å². The Hall–Kier alpha value is -3.13. The minimum absolute atomic E-state index is 0.664. The first-order chi connectivity index (χ1) is 17.9. The highest BCUT2D eigenvalue weighted by Crippen LogP contribution is 2.43. The summed E-state index contributed by atoms with van der Waals surface area (Å²) >= 11 is 0. The Morgan fingerprint density at radius 2 is 1.36 bits per heavy atom. The summed E-state index contributed by atoms with van der Waals surface area (Å²) in [5, 5.41) is 3.84. The van der Waals surface area contributed by atoms with Crippen LogP contribution in [-0.4, -0.2) is 9.38 Å². The minimum atomic E-state index is 0.664. The zero-order valence-corrected chi connectivity index (χ0v) is 21.3. The lowest BCUT2D eigenvalue weighted by molar-refractivity contribution is 0.356. The van der Waals surface area contributed by atoms with Gasteiger partial charge in [-0.25, -0.2) is 4.98 Å². The lowest BCUT2D eigenvalue weighted by Gasteiger charge is -2.28. The molecule has 182 valence electrons. The van der Waals surface area contributed by atoms with Crippen molar-refractivity contribution in [2.75, 3.05) is 0 Å². The molecule has 0 aliphatic heterocycles. The van der Waals surface area contributed by atoms with Gasteiger partial charge in [0.2, 0.25) is 0 Å². The molecule has 5 aromatic rings. The van der Waals surface area contributed by atoms with E-state index in [4.69, 9.17) is 4.98 Å². The number of fused-ring (bicyclic) bond motifs is 6. The van der Waals surface area contributed by atoms with Crippen molar-refractivity contribution in [1.29, 1.82) is 0 Å². The fourth-order valence-corrected chi connectivity index (χ4v) is 7.33. The first kappa shape index (κ1) is 22.1. The predicted molar refractivity (Wildman–Crippen MR) is 152 cm³/mol. The van der Waals surface area contributed by atoms with Crippen LogP contribution in [0.15, 0.2) is 72.9 Å². The monoisotopic (exact) mass is 472 g/mol. The van der Waals surface area contributed by atoms with Crippen molar-refractivity contribution in [2.24, 2.45) is 5.92 Å². The number of nitrogens with zero attached hydrogens (tertiary/aromatic N) is 2. The number of hydrogen-bond donors (Lipinski definition) is 0. The Morgan fingerprint density at radius 1 is 0.667 bits per heavy atom. The first-order valence-electron chi connectivity index (χ1n) is 14.3. The molecule has 36 heavy (non-hydrogen) atoms. The van der Waals surface area contributed by atoms with Crippen molar-refractivity contribution >= 4 is 27.3 Å². The Balaban J connectivity index is 1.50. The molecular formula is C34H36N2. The quantitative estimate of drug-likeness (QED) is 0.238. The van der Waals surface area contributed by atoms with Gasteiger partial charge in [0.05, 0.1) is 17.4 Å². The second kappa shape index (κ2) is 9.39. The van der Waals surface area contributed by atoms with Gasteiger partial charge in [0.1, 0.15) is 5.65 Å². The average Bonchev–Trinajstić information content (AvgIpc) is 3.39. The number of hydrogen-bond acceptors (Lipinski definition) is 1. The molecular weight excluding hydrogens is 436 g/mol. The van der Waals surface area contributed by atoms with Crippen LogP contribution in [0.4, 0.5) is 0 Å². The maximum Gasteiger partial charge on any atom is 0.145 e. The van der Waals surface area contributed by atoms with Crippen LogP contribution in [0.25, 0.3) is 38.6 Å². The standard InChI is InChI=1S/C34H36N2/c1-3-12-24(13-4-1)22-26-16-11-20-27(25-14-5-2-6-15-25)33(26)32-23-35-34-30-19-8-7-17-28(30)29-18-9-10-21-31(29)36(32)34/h7-11,16-21,23-25H,1-6,12-15,22H2. The van der Waals surface area contributed by atoms with Crippen molar-refractivity contribution < 1.29 is 0 Å². The van der Waals surface area contributed by atoms with Gasteiger partial charge in [-0.05, 0) is 53.7 Å². The molecule has 0 radical (unpaired) electrons. The van der Waals surface area contributed by atoms with Crippen molar-refractivity contribution in [3.63, 3.8) is 0 Å². The van der Waals surface area contributed by atoms with Gasteiger partial charge in [0, 0.05) is 16.3 Å². The summed E-state index contributed by atoms with van der Waals surface area (Å²) in [6.45, 7) is 0. The number of rotatable bonds is 4. The Morgan fingerprint density at radius 3 is 2.17 bits per heavy atom. The molecule has 2 aliphatic rings. The van der Waals surface area contributed by atoms with E-state index in [0.717, 1.165) is 11.6 Å². The fraction of sp³-hybridized carbons (Fsp3) is 0.382. The van der Waals surface area contributed by atoms with Crippen LogP contribution in [0, 0.1) is 5.92 Å². The highest BCUT2D eigenvalue weighted by molar-refractivity contribution is 6.12. The molecule has 0 N–H and O–H groups in total. The van der Waals surface area contributed by atoms with E-state index >= 15 is 0 Å². The topological polar surface area (TPSA) is 17.3 Å². The van der Waals surface area contributed by atoms with Gasteiger partial charge >= 0.3 is 0 Å². The van der Waals surface area contributed by atoms with Crippen LogP contribution in [0.1, 0.15) is 81.3 Å². The molecule has 0 amide bonds. The maximum absolute atomic E-state index is 5.11. The SMILES string of the molecule is c1cc(CC2CCCCC2)c(-c2cnc3c4ccccc4c4ccccc4n23)c(C2CCCCC2)c1. The molecule has 0 spiro atoms. The average molecular weight is 473 g/mol. The zero-order chi connectivity index (χ0) is 23.9. The first-order valence-corrected chi connectivity index (χ1v) is 14.3. The largest absolute Gasteiger partial charge is 0.292 e. The second-order valence-corrected chi connectivity index (χ2v) is 11.3. The number of imidazole rings is 1. The highest BCUT2D eigenvalue weighted by Gasteiger charge is 2.25. The Bertz CT molecular complexity index is 1530. The Labute approximate surface area is 214 Å². The molecule has 2 fully saturated rings. The lowest BCUT2D eigenvalue weighted by Crippen LogP contribution is -2.13. The van der Waals surface area contributed by atoms with Gasteiger partial charge in [-0.2, -0.15) is 0 Å². The molecule has 2 heterocycles. The van der Waals surface area contributed by atoms with Crippen LogP contribution in [0.3, 0.4) is 0 Å². The van der Waals surface area contributed by atoms with Crippen LogP contribution >= 0.6 is 0 Å². The van der Waals surface area contributed by atoms with Gasteiger partial charge in [-0.1, -0.05) is 112 Å². The summed E-state index contributed by atoms with van der Waals surface area (Å²) < 4.78 is 2.48. The van der Waals surface area contributed by atoms with Crippen LogP contribution in [0.5, 0.6) is 0 Å². The third-order valence-corrected chi connectivity index (χ3v) is 9.08. The lowest BCUT2D eigenvalue weighted by atomic mass is 9.78. The molecule has 0 bridgehead atoms. The van der Waals surface area contributed by atoms with Gasteiger partial charge in [-0.15, -0.1) is 0 Å². The Kier molecular flexibility index (Phi) is 5.76. The van der Waals surface area contributed by atoms with E-state index in [-0.39, 0.29) is 0 Å². The number of para-hydroxylation sites is 1. The van der Waals surface area contributed by atoms with E-state index in [1.54, 1.807) is 11.1 Å². The molecule has 2 nitrogen and oxygen atoms in total. The summed E-state index contributed by atoms with van der Waals surface area (Å²) in [6, 6.07) is 24.9. The summed E-state index contributed by atoms with van der Waals surface area (Å²) in [4.78, 5) is 5.11. The smallest absolute Gasteiger partial charge is 0.145 e. The summed E-state index contributed by atoms with van der Waals surface area (Å²) in [5.74, 6) is 1.48. The molecule has 2 heteroatoms.